The second-order valence-corrected chi connectivity index (χ2v) is 7.06. The molecule has 3 atom stereocenters. The average Bonchev–Trinajstić information content (AvgIpc) is 3.16. The zero-order valence-corrected chi connectivity index (χ0v) is 12.4. The minimum absolute atomic E-state index is 0.736. The lowest BCUT2D eigenvalue weighted by Crippen LogP contribution is -2.37. The zero-order valence-electron chi connectivity index (χ0n) is 12.4. The number of nitrogens with zero attached hydrogens (tertiary/aromatic N) is 3. The molecule has 0 radical (unpaired) electrons. The molecule has 1 aromatic rings. The topological polar surface area (TPSA) is 21.1 Å². The number of aryl methyl sites for hydroxylation is 1. The van der Waals surface area contributed by atoms with Crippen molar-refractivity contribution in [2.24, 2.45) is 24.8 Å². The zero-order chi connectivity index (χ0) is 13.5. The quantitative estimate of drug-likeness (QED) is 0.788. The molecule has 0 unspecified atom stereocenters. The van der Waals surface area contributed by atoms with E-state index in [-0.39, 0.29) is 0 Å². The van der Waals surface area contributed by atoms with Crippen LogP contribution in [0.3, 0.4) is 0 Å². The van der Waals surface area contributed by atoms with Crippen LogP contribution in [0.25, 0.3) is 0 Å². The Bertz CT molecular complexity index is 496. The van der Waals surface area contributed by atoms with Gasteiger partial charge in [-0.3, -0.25) is 4.68 Å². The van der Waals surface area contributed by atoms with Crippen molar-refractivity contribution in [2.75, 3.05) is 19.6 Å². The van der Waals surface area contributed by atoms with Crippen molar-refractivity contribution in [1.82, 2.24) is 14.7 Å². The maximum Gasteiger partial charge on any atom is 0.0524 e. The summed E-state index contributed by atoms with van der Waals surface area (Å²) in [5.74, 6) is 3.49. The standard InChI is InChI=1S/C17H25N3/c1-19-11-17(10-18-19)14-4-6-20(7-5-14)12-16-9-13-2-3-15(16)8-13/h2-3,10-11,13-16H,4-9,12H2,1H3/t13-,15-,16-/m0/s1. The van der Waals surface area contributed by atoms with Crippen LogP contribution in [0, 0.1) is 17.8 Å². The number of likely N-dealkylation sites (tertiary alicyclic amines) is 1. The third-order valence-electron chi connectivity index (χ3n) is 5.69. The van der Waals surface area contributed by atoms with Gasteiger partial charge in [-0.25, -0.2) is 0 Å². The monoisotopic (exact) mass is 271 g/mol. The van der Waals surface area contributed by atoms with Gasteiger partial charge >= 0.3 is 0 Å². The molecule has 108 valence electrons. The van der Waals surface area contributed by atoms with Crippen molar-refractivity contribution < 1.29 is 0 Å². The van der Waals surface area contributed by atoms with Gasteiger partial charge < -0.3 is 4.90 Å². The first-order valence-corrected chi connectivity index (χ1v) is 8.17. The van der Waals surface area contributed by atoms with E-state index in [4.69, 9.17) is 0 Å². The maximum atomic E-state index is 4.32. The summed E-state index contributed by atoms with van der Waals surface area (Å²) >= 11 is 0. The highest BCUT2D eigenvalue weighted by Gasteiger charge is 2.36. The molecule has 3 aliphatic rings. The Balaban J connectivity index is 1.30. The molecular formula is C17H25N3. The minimum Gasteiger partial charge on any atom is -0.303 e. The molecule has 3 nitrogen and oxygen atoms in total. The number of rotatable bonds is 3. The fourth-order valence-electron chi connectivity index (χ4n) is 4.54. The molecule has 3 heteroatoms. The molecule has 1 saturated carbocycles. The molecule has 4 rings (SSSR count). The highest BCUT2D eigenvalue weighted by molar-refractivity contribution is 5.13. The number of piperidine rings is 1. The van der Waals surface area contributed by atoms with Gasteiger partial charge in [-0.15, -0.1) is 0 Å². The van der Waals surface area contributed by atoms with Crippen molar-refractivity contribution in [3.8, 4) is 0 Å². The summed E-state index contributed by atoms with van der Waals surface area (Å²) in [4.78, 5) is 2.71. The fourth-order valence-corrected chi connectivity index (χ4v) is 4.54. The Kier molecular flexibility index (Phi) is 3.18. The second-order valence-electron chi connectivity index (χ2n) is 7.06. The average molecular weight is 271 g/mol. The van der Waals surface area contributed by atoms with E-state index >= 15 is 0 Å². The summed E-state index contributed by atoms with van der Waals surface area (Å²) in [5, 5.41) is 4.32. The normalized spacial score (nSPS) is 34.1. The van der Waals surface area contributed by atoms with E-state index in [2.05, 4.69) is 34.5 Å². The van der Waals surface area contributed by atoms with Gasteiger partial charge in [0.15, 0.2) is 0 Å². The van der Waals surface area contributed by atoms with Gasteiger partial charge in [0.25, 0.3) is 0 Å². The van der Waals surface area contributed by atoms with Crippen molar-refractivity contribution in [3.05, 3.63) is 30.1 Å². The van der Waals surface area contributed by atoms with E-state index in [0.29, 0.717) is 0 Å². The number of aromatic nitrogens is 2. The number of fused-ring (bicyclic) bond motifs is 2. The van der Waals surface area contributed by atoms with Gasteiger partial charge in [0.1, 0.15) is 0 Å². The Morgan fingerprint density at radius 1 is 1.20 bits per heavy atom. The van der Waals surface area contributed by atoms with Gasteiger partial charge in [0.2, 0.25) is 0 Å². The van der Waals surface area contributed by atoms with Gasteiger partial charge in [0.05, 0.1) is 6.20 Å². The Labute approximate surface area is 121 Å². The van der Waals surface area contributed by atoms with Crippen LogP contribution in [-0.4, -0.2) is 34.3 Å². The van der Waals surface area contributed by atoms with Crippen LogP contribution in [0.15, 0.2) is 24.5 Å². The van der Waals surface area contributed by atoms with Crippen LogP contribution >= 0.6 is 0 Å². The van der Waals surface area contributed by atoms with Crippen molar-refractivity contribution in [2.45, 2.75) is 31.6 Å². The van der Waals surface area contributed by atoms with E-state index in [0.717, 1.165) is 23.7 Å². The maximum absolute atomic E-state index is 4.32. The minimum atomic E-state index is 0.736. The van der Waals surface area contributed by atoms with Crippen LogP contribution in [0.4, 0.5) is 0 Å². The number of hydrogen-bond donors (Lipinski definition) is 0. The largest absolute Gasteiger partial charge is 0.303 e. The van der Waals surface area contributed by atoms with Gasteiger partial charge in [0, 0.05) is 19.8 Å². The van der Waals surface area contributed by atoms with E-state index in [1.807, 2.05) is 11.7 Å². The number of hydrogen-bond acceptors (Lipinski definition) is 2. The highest BCUT2D eigenvalue weighted by Crippen LogP contribution is 2.44. The van der Waals surface area contributed by atoms with Gasteiger partial charge in [-0.1, -0.05) is 12.2 Å². The molecule has 2 bridgehead atoms. The summed E-state index contributed by atoms with van der Waals surface area (Å²) < 4.78 is 1.93. The first kappa shape index (κ1) is 12.6. The lowest BCUT2D eigenvalue weighted by atomic mass is 9.89. The molecule has 0 N–H and O–H groups in total. The first-order chi connectivity index (χ1) is 9.78. The number of allylic oxidation sites excluding steroid dienone is 2. The molecule has 1 aromatic heterocycles. The summed E-state index contributed by atoms with van der Waals surface area (Å²) in [6.45, 7) is 3.89. The third kappa shape index (κ3) is 2.32. The lowest BCUT2D eigenvalue weighted by molar-refractivity contribution is 0.172. The summed E-state index contributed by atoms with van der Waals surface area (Å²) in [6.07, 6.45) is 14.7. The predicted octanol–water partition coefficient (Wildman–Crippen LogP) is 2.81. The molecular weight excluding hydrogens is 246 g/mol. The van der Waals surface area contributed by atoms with E-state index < -0.39 is 0 Å². The van der Waals surface area contributed by atoms with Crippen LogP contribution in [-0.2, 0) is 7.05 Å². The molecule has 0 aromatic carbocycles. The summed E-state index contributed by atoms with van der Waals surface area (Å²) in [6, 6.07) is 0. The SMILES string of the molecule is Cn1cc(C2CCN(C[C@@H]3C[C@H]4C=C[C@H]3C4)CC2)cn1. The Morgan fingerprint density at radius 2 is 2.05 bits per heavy atom. The van der Waals surface area contributed by atoms with E-state index in [1.54, 1.807) is 0 Å². The van der Waals surface area contributed by atoms with Crippen molar-refractivity contribution >= 4 is 0 Å². The van der Waals surface area contributed by atoms with Crippen LogP contribution in [0.2, 0.25) is 0 Å². The smallest absolute Gasteiger partial charge is 0.0524 e. The molecule has 1 aliphatic heterocycles. The molecule has 2 heterocycles. The molecule has 20 heavy (non-hydrogen) atoms. The van der Waals surface area contributed by atoms with E-state index in [1.165, 1.54) is 50.9 Å². The van der Waals surface area contributed by atoms with Crippen LogP contribution in [0.5, 0.6) is 0 Å². The Morgan fingerprint density at radius 3 is 2.65 bits per heavy atom. The third-order valence-corrected chi connectivity index (χ3v) is 5.69. The van der Waals surface area contributed by atoms with Gasteiger partial charge in [-0.05, 0) is 68.0 Å². The first-order valence-electron chi connectivity index (χ1n) is 8.17. The highest BCUT2D eigenvalue weighted by atomic mass is 15.2. The molecule has 0 spiro atoms. The summed E-state index contributed by atoms with van der Waals surface area (Å²) in [5.41, 5.74) is 1.44. The van der Waals surface area contributed by atoms with Crippen LogP contribution in [0.1, 0.15) is 37.2 Å². The molecule has 0 amide bonds. The molecule has 1 saturated heterocycles. The van der Waals surface area contributed by atoms with Crippen molar-refractivity contribution in [1.29, 1.82) is 0 Å². The predicted molar refractivity (Wildman–Crippen MR) is 80.5 cm³/mol. The van der Waals surface area contributed by atoms with Gasteiger partial charge in [-0.2, -0.15) is 5.10 Å². The molecule has 2 aliphatic carbocycles. The van der Waals surface area contributed by atoms with Crippen molar-refractivity contribution in [3.63, 3.8) is 0 Å². The molecule has 2 fully saturated rings. The Hall–Kier alpha value is -1.09. The van der Waals surface area contributed by atoms with Crippen LogP contribution < -0.4 is 0 Å². The second kappa shape index (κ2) is 5.03. The summed E-state index contributed by atoms with van der Waals surface area (Å²) in [7, 11) is 2.02. The fraction of sp³-hybridized carbons (Fsp3) is 0.706. The lowest BCUT2D eigenvalue weighted by Gasteiger charge is -2.34. The van der Waals surface area contributed by atoms with E-state index in [9.17, 15) is 0 Å².